The Morgan fingerprint density at radius 1 is 1.44 bits per heavy atom. The molecule has 5 heteroatoms. The van der Waals surface area contributed by atoms with Crippen LogP contribution in [0.3, 0.4) is 0 Å². The summed E-state index contributed by atoms with van der Waals surface area (Å²) in [5.74, 6) is -0.451. The van der Waals surface area contributed by atoms with Crippen LogP contribution in [0.5, 0.6) is 0 Å². The molecule has 0 aliphatic carbocycles. The number of rotatable bonds is 5. The zero-order chi connectivity index (χ0) is 14.0. The zero-order valence-corrected chi connectivity index (χ0v) is 13.1. The summed E-state index contributed by atoms with van der Waals surface area (Å²) in [7, 11) is -1.72. The van der Waals surface area contributed by atoms with Crippen LogP contribution < -0.4 is 5.32 Å². The molecule has 1 heterocycles. The molecule has 1 rings (SSSR count). The van der Waals surface area contributed by atoms with Gasteiger partial charge in [0, 0.05) is 25.1 Å². The van der Waals surface area contributed by atoms with Crippen molar-refractivity contribution in [3.63, 3.8) is 0 Å². The Hall–Kier alpha value is -0.523. The maximum absolute atomic E-state index is 11.3. The molecule has 2 atom stereocenters. The Kier molecular flexibility index (Phi) is 4.86. The first-order chi connectivity index (χ1) is 8.17. The maximum Gasteiger partial charge on any atom is 0.199 e. The second kappa shape index (κ2) is 5.63. The van der Waals surface area contributed by atoms with E-state index in [9.17, 15) is 9.59 Å². The Morgan fingerprint density at radius 3 is 2.56 bits per heavy atom. The van der Waals surface area contributed by atoms with Gasteiger partial charge in [-0.15, -0.1) is 0 Å². The molecule has 1 saturated heterocycles. The molecular formula is C13H25NO3Si. The first kappa shape index (κ1) is 15.5. The first-order valence-electron chi connectivity index (χ1n) is 6.54. The van der Waals surface area contributed by atoms with Crippen LogP contribution in [-0.2, 0) is 14.0 Å². The van der Waals surface area contributed by atoms with Crippen LogP contribution >= 0.6 is 0 Å². The quantitative estimate of drug-likeness (QED) is 0.470. The highest BCUT2D eigenvalue weighted by Gasteiger charge is 2.38. The Bertz CT molecular complexity index is 323. The number of hydrogen-bond acceptors (Lipinski definition) is 4. The number of carbonyl (C=O) groups excluding carboxylic acids is 2. The van der Waals surface area contributed by atoms with Gasteiger partial charge in [0.1, 0.15) is 0 Å². The normalized spacial score (nSPS) is 25.2. The van der Waals surface area contributed by atoms with Gasteiger partial charge in [-0.1, -0.05) is 20.8 Å². The van der Waals surface area contributed by atoms with Crippen LogP contribution in [0, 0.1) is 5.92 Å². The van der Waals surface area contributed by atoms with Gasteiger partial charge in [0.2, 0.25) is 0 Å². The van der Waals surface area contributed by atoms with Gasteiger partial charge < -0.3 is 9.74 Å². The van der Waals surface area contributed by atoms with E-state index in [2.05, 4.69) is 39.2 Å². The van der Waals surface area contributed by atoms with Crippen LogP contribution in [0.4, 0.5) is 0 Å². The average molecular weight is 271 g/mol. The highest BCUT2D eigenvalue weighted by molar-refractivity contribution is 6.74. The average Bonchev–Trinajstić information content (AvgIpc) is 2.72. The number of ketones is 1. The van der Waals surface area contributed by atoms with Crippen LogP contribution in [0.25, 0.3) is 0 Å². The fraction of sp³-hybridized carbons (Fsp3) is 0.846. The van der Waals surface area contributed by atoms with Gasteiger partial charge in [0.15, 0.2) is 20.4 Å². The van der Waals surface area contributed by atoms with Crippen molar-refractivity contribution in [2.75, 3.05) is 13.2 Å². The van der Waals surface area contributed by atoms with Crippen molar-refractivity contribution >= 4 is 20.4 Å². The second-order valence-corrected chi connectivity index (χ2v) is 11.4. The summed E-state index contributed by atoms with van der Waals surface area (Å²) >= 11 is 0. The maximum atomic E-state index is 11.3. The van der Waals surface area contributed by atoms with E-state index < -0.39 is 8.32 Å². The number of carbonyl (C=O) groups is 2. The molecule has 0 amide bonds. The fourth-order valence-corrected chi connectivity index (χ4v) is 2.84. The standard InChI is InChI=1S/C13H25NO3Si/c1-13(2,3)18(4,5)17-9-11-6-10(7-14-11)12(16)8-15/h8,10-11,14H,6-7,9H2,1-5H3/t10-,11+/m1/s1. The van der Waals surface area contributed by atoms with E-state index in [1.165, 1.54) is 0 Å². The zero-order valence-electron chi connectivity index (χ0n) is 12.1. The monoisotopic (exact) mass is 271 g/mol. The summed E-state index contributed by atoms with van der Waals surface area (Å²) < 4.78 is 6.12. The van der Waals surface area contributed by atoms with E-state index in [1.54, 1.807) is 0 Å². The van der Waals surface area contributed by atoms with Crippen molar-refractivity contribution in [3.8, 4) is 0 Å². The lowest BCUT2D eigenvalue weighted by Gasteiger charge is -2.37. The molecule has 0 unspecified atom stereocenters. The van der Waals surface area contributed by atoms with E-state index in [4.69, 9.17) is 4.43 Å². The molecule has 18 heavy (non-hydrogen) atoms. The van der Waals surface area contributed by atoms with Crippen LogP contribution in [0.1, 0.15) is 27.2 Å². The minimum Gasteiger partial charge on any atom is -0.415 e. The fourth-order valence-electron chi connectivity index (χ4n) is 1.78. The number of nitrogens with one attached hydrogen (secondary N) is 1. The lowest BCUT2D eigenvalue weighted by molar-refractivity contribution is -0.132. The molecule has 1 aliphatic rings. The van der Waals surface area contributed by atoms with Gasteiger partial charge in [0.25, 0.3) is 0 Å². The minimum atomic E-state index is -1.72. The topological polar surface area (TPSA) is 55.4 Å². The molecule has 0 aromatic rings. The summed E-state index contributed by atoms with van der Waals surface area (Å²) in [5.41, 5.74) is 0. The van der Waals surface area contributed by atoms with Gasteiger partial charge in [-0.3, -0.25) is 9.59 Å². The summed E-state index contributed by atoms with van der Waals surface area (Å²) in [6.07, 6.45) is 1.15. The SMILES string of the molecule is CC(C)(C)[Si](C)(C)OC[C@@H]1C[C@@H](C(=O)C=O)CN1. The van der Waals surface area contributed by atoms with E-state index >= 15 is 0 Å². The van der Waals surface area contributed by atoms with E-state index in [0.29, 0.717) is 25.9 Å². The van der Waals surface area contributed by atoms with E-state index in [0.717, 1.165) is 0 Å². The highest BCUT2D eigenvalue weighted by atomic mass is 28.4. The van der Waals surface area contributed by atoms with Crippen molar-refractivity contribution in [1.82, 2.24) is 5.32 Å². The van der Waals surface area contributed by atoms with Crippen molar-refractivity contribution < 1.29 is 14.0 Å². The van der Waals surface area contributed by atoms with Gasteiger partial charge in [0.05, 0.1) is 0 Å². The largest absolute Gasteiger partial charge is 0.415 e. The van der Waals surface area contributed by atoms with Crippen molar-refractivity contribution in [2.24, 2.45) is 5.92 Å². The molecule has 0 saturated carbocycles. The van der Waals surface area contributed by atoms with Crippen LogP contribution in [-0.4, -0.2) is 39.6 Å². The van der Waals surface area contributed by atoms with Gasteiger partial charge in [-0.25, -0.2) is 0 Å². The summed E-state index contributed by atoms with van der Waals surface area (Å²) in [4.78, 5) is 21.7. The molecule has 0 bridgehead atoms. The van der Waals surface area contributed by atoms with Crippen LogP contribution in [0.2, 0.25) is 18.1 Å². The van der Waals surface area contributed by atoms with E-state index in [1.807, 2.05) is 0 Å². The number of aldehydes is 1. The molecule has 0 aromatic carbocycles. The lowest BCUT2D eigenvalue weighted by Crippen LogP contribution is -2.43. The molecular weight excluding hydrogens is 246 g/mol. The molecule has 0 aromatic heterocycles. The summed E-state index contributed by atoms with van der Waals surface area (Å²) in [6.45, 7) is 12.3. The summed E-state index contributed by atoms with van der Waals surface area (Å²) in [6, 6.07) is 0.202. The molecule has 1 aliphatic heterocycles. The molecule has 0 spiro atoms. The molecule has 0 radical (unpaired) electrons. The van der Waals surface area contributed by atoms with Gasteiger partial charge >= 0.3 is 0 Å². The number of hydrogen-bond donors (Lipinski definition) is 1. The lowest BCUT2D eigenvalue weighted by atomic mass is 10.0. The van der Waals surface area contributed by atoms with E-state index in [-0.39, 0.29) is 22.8 Å². The Balaban J connectivity index is 2.43. The first-order valence-corrected chi connectivity index (χ1v) is 9.44. The third-order valence-electron chi connectivity index (χ3n) is 4.19. The molecule has 4 nitrogen and oxygen atoms in total. The third kappa shape index (κ3) is 3.73. The van der Waals surface area contributed by atoms with Crippen molar-refractivity contribution in [1.29, 1.82) is 0 Å². The van der Waals surface area contributed by atoms with Gasteiger partial charge in [-0.2, -0.15) is 0 Å². The van der Waals surface area contributed by atoms with Crippen LogP contribution in [0.15, 0.2) is 0 Å². The minimum absolute atomic E-state index is 0.157. The highest BCUT2D eigenvalue weighted by Crippen LogP contribution is 2.36. The molecule has 1 fully saturated rings. The Morgan fingerprint density at radius 2 is 2.06 bits per heavy atom. The Labute approximate surface area is 111 Å². The summed E-state index contributed by atoms with van der Waals surface area (Å²) in [5, 5.41) is 3.46. The number of Topliss-reactive ketones (excluding diaryl/α,β-unsaturated/α-hetero) is 1. The predicted octanol–water partition coefficient (Wildman–Crippen LogP) is 1.75. The van der Waals surface area contributed by atoms with Crippen molar-refractivity contribution in [3.05, 3.63) is 0 Å². The molecule has 1 N–H and O–H groups in total. The second-order valence-electron chi connectivity index (χ2n) is 6.63. The molecule has 104 valence electrons. The third-order valence-corrected chi connectivity index (χ3v) is 8.69. The predicted molar refractivity (Wildman–Crippen MR) is 74.1 cm³/mol. The van der Waals surface area contributed by atoms with Crippen molar-refractivity contribution in [2.45, 2.75) is 51.4 Å². The van der Waals surface area contributed by atoms with Gasteiger partial charge in [-0.05, 0) is 24.6 Å². The smallest absolute Gasteiger partial charge is 0.199 e.